The summed E-state index contributed by atoms with van der Waals surface area (Å²) in [4.78, 5) is 50.3. The molecule has 10 aromatic heterocycles. The SMILES string of the molecule is CC(C)(C)C1=CCC=N1.CC(C)(C)C1=CCc2ncccc21.CC(C)(C)CC1=CCN=C1.CC(C)(C)c1ccccc1.CC(C)(C)c1ccccc1N.CC(C)(C)c1ccccn1.CC(C)(C)c1cccnc1.CC(C)(C)c1ccnc(N)c1.CC(C)(C)c1ccnc2c1C=CC2.CC(C)(C)c1cn[nH]c1.CC(C)(C)c1ncccn1.Cc1cc(C(C)(C)C)ccn1.Cc1ccc(C(C)(C)C)cn1.Cc1ccc(C(C)(C)C)cn1. The number of aromatic nitrogens is 12. The van der Waals surface area contributed by atoms with Gasteiger partial charge in [0.2, 0.25) is 0 Å². The molecule has 16 rings (SSSR count). The van der Waals surface area contributed by atoms with Crippen molar-refractivity contribution < 1.29 is 0 Å². The third-order valence-electron chi connectivity index (χ3n) is 23.8. The predicted molar refractivity (Wildman–Crippen MR) is 646 cm³/mol. The quantitative estimate of drug-likeness (QED) is 0.130. The number of pyridine rings is 8. The van der Waals surface area contributed by atoms with Gasteiger partial charge in [0.25, 0.3) is 0 Å². The Morgan fingerprint density at radius 3 is 1.16 bits per heavy atom. The van der Waals surface area contributed by atoms with Gasteiger partial charge in [-0.1, -0.05) is 400 Å². The third kappa shape index (κ3) is 52.7. The van der Waals surface area contributed by atoms with Gasteiger partial charge in [0.1, 0.15) is 11.6 Å². The molecule has 2 aromatic carbocycles. The van der Waals surface area contributed by atoms with Crippen molar-refractivity contribution in [3.8, 4) is 0 Å². The molecule has 808 valence electrons. The molecule has 16 heteroatoms. The lowest BCUT2D eigenvalue weighted by Crippen LogP contribution is -2.14. The van der Waals surface area contributed by atoms with E-state index in [1.807, 2.05) is 150 Å². The van der Waals surface area contributed by atoms with Gasteiger partial charge in [-0.05, 0) is 238 Å². The maximum atomic E-state index is 5.81. The van der Waals surface area contributed by atoms with Crippen molar-refractivity contribution in [1.82, 2.24) is 60.0 Å². The van der Waals surface area contributed by atoms with Crippen molar-refractivity contribution in [3.05, 3.63) is 375 Å². The number of nitrogen functional groups attached to an aromatic ring is 2. The van der Waals surface area contributed by atoms with E-state index in [-0.39, 0.29) is 65.0 Å². The number of hydrogen-bond donors (Lipinski definition) is 3. The van der Waals surface area contributed by atoms with E-state index in [1.54, 1.807) is 24.8 Å². The number of hydrogen-bond acceptors (Lipinski definition) is 15. The van der Waals surface area contributed by atoms with E-state index in [1.165, 1.54) is 89.4 Å². The van der Waals surface area contributed by atoms with E-state index in [2.05, 4.69) is 488 Å². The van der Waals surface area contributed by atoms with Crippen molar-refractivity contribution in [1.29, 1.82) is 0 Å². The average Bonchev–Trinajstić information content (AvgIpc) is 1.65. The lowest BCUT2D eigenvalue weighted by molar-refractivity contribution is 0.416. The monoisotopic (exact) mass is 2020 g/mol. The molecule has 0 unspecified atom stereocenters. The van der Waals surface area contributed by atoms with Gasteiger partial charge in [-0.15, -0.1) is 0 Å². The van der Waals surface area contributed by atoms with E-state index in [4.69, 9.17) is 11.5 Å². The summed E-state index contributed by atoms with van der Waals surface area (Å²) in [5.41, 5.74) is 40.7. The van der Waals surface area contributed by atoms with Crippen LogP contribution in [0.3, 0.4) is 0 Å². The first-order valence-corrected chi connectivity index (χ1v) is 53.1. The molecule has 0 radical (unpaired) electrons. The summed E-state index contributed by atoms with van der Waals surface area (Å²) in [6.45, 7) is 99.0. The summed E-state index contributed by atoms with van der Waals surface area (Å²) in [5.74, 6) is 1.49. The zero-order chi connectivity index (χ0) is 113. The highest BCUT2D eigenvalue weighted by Gasteiger charge is 2.27. The Balaban J connectivity index is 0.000000413. The summed E-state index contributed by atoms with van der Waals surface area (Å²) in [5, 5.41) is 6.65. The van der Waals surface area contributed by atoms with Gasteiger partial charge in [0.05, 0.1) is 24.1 Å². The minimum atomic E-state index is 0.0707. The van der Waals surface area contributed by atoms with Crippen molar-refractivity contribution in [2.45, 2.75) is 397 Å². The highest BCUT2D eigenvalue weighted by atomic mass is 15.1. The smallest absolute Gasteiger partial charge is 0.133 e. The molecule has 0 fully saturated rings. The van der Waals surface area contributed by atoms with Gasteiger partial charge in [-0.3, -0.25) is 50.0 Å². The lowest BCUT2D eigenvalue weighted by atomic mass is 9.84. The second-order valence-electron chi connectivity index (χ2n) is 53.0. The van der Waals surface area contributed by atoms with Gasteiger partial charge in [0.15, 0.2) is 0 Å². The molecule has 5 N–H and O–H groups in total. The Hall–Kier alpha value is -12.2. The fourth-order valence-electron chi connectivity index (χ4n) is 14.5. The van der Waals surface area contributed by atoms with E-state index < -0.39 is 0 Å². The number of benzene rings is 2. The second kappa shape index (κ2) is 58.3. The fraction of sp³-hybridized carbons (Fsp3) is 0.481. The molecule has 2 aliphatic heterocycles. The molecule has 149 heavy (non-hydrogen) atoms. The van der Waals surface area contributed by atoms with Crippen LogP contribution >= 0.6 is 0 Å². The molecule has 0 atom stereocenters. The zero-order valence-electron chi connectivity index (χ0n) is 101. The molecular weight excluding hydrogens is 1820 g/mol. The number of rotatable bonds is 1. The predicted octanol–water partition coefficient (Wildman–Crippen LogP) is 34.7. The van der Waals surface area contributed by atoms with E-state index >= 15 is 0 Å². The van der Waals surface area contributed by atoms with Gasteiger partial charge in [-0.25, -0.2) is 15.0 Å². The second-order valence-corrected chi connectivity index (χ2v) is 53.0. The number of aromatic amines is 1. The Bertz CT molecular complexity index is 5710. The number of nitrogens with zero attached hydrogens (tertiary/aromatic N) is 13. The number of aliphatic imine (C=N–C) groups is 2. The molecule has 0 bridgehead atoms. The van der Waals surface area contributed by atoms with Crippen molar-refractivity contribution in [2.24, 2.45) is 26.2 Å². The molecule has 12 heterocycles. The van der Waals surface area contributed by atoms with E-state index in [0.29, 0.717) is 16.6 Å². The molecule has 0 amide bonds. The highest BCUT2D eigenvalue weighted by molar-refractivity contribution is 5.81. The van der Waals surface area contributed by atoms with Crippen LogP contribution in [0.4, 0.5) is 11.5 Å². The Labute approximate surface area is 905 Å². The molecule has 4 aliphatic rings. The average molecular weight is 2020 g/mol. The van der Waals surface area contributed by atoms with Crippen LogP contribution in [-0.4, -0.2) is 79.0 Å². The molecule has 0 saturated heterocycles. The van der Waals surface area contributed by atoms with E-state index in [9.17, 15) is 0 Å². The van der Waals surface area contributed by atoms with Crippen molar-refractivity contribution in [3.63, 3.8) is 0 Å². The Morgan fingerprint density at radius 2 is 0.805 bits per heavy atom. The number of H-pyrrole nitrogens is 1. The first-order valence-electron chi connectivity index (χ1n) is 53.1. The zero-order valence-corrected chi connectivity index (χ0v) is 101. The van der Waals surface area contributed by atoms with Crippen LogP contribution in [0.2, 0.25) is 0 Å². The van der Waals surface area contributed by atoms with Crippen molar-refractivity contribution >= 4 is 35.6 Å². The summed E-state index contributed by atoms with van der Waals surface area (Å²) in [6.07, 6.45) is 43.4. The maximum absolute atomic E-state index is 5.81. The number of allylic oxidation sites excluding steroid dienone is 6. The van der Waals surface area contributed by atoms with Crippen LogP contribution in [0.5, 0.6) is 0 Å². The first-order chi connectivity index (χ1) is 68.4. The summed E-state index contributed by atoms with van der Waals surface area (Å²) < 4.78 is 0. The number of fused-ring (bicyclic) bond motifs is 2. The summed E-state index contributed by atoms with van der Waals surface area (Å²) in [6, 6.07) is 53.3. The number of anilines is 2. The largest absolute Gasteiger partial charge is 0.398 e. The molecule has 0 spiro atoms. The van der Waals surface area contributed by atoms with Crippen LogP contribution in [0.25, 0.3) is 11.6 Å². The van der Waals surface area contributed by atoms with E-state index in [0.717, 1.165) is 66.5 Å². The van der Waals surface area contributed by atoms with Crippen molar-refractivity contribution in [2.75, 3.05) is 18.0 Å². The van der Waals surface area contributed by atoms with Crippen LogP contribution in [0.1, 0.15) is 405 Å². The van der Waals surface area contributed by atoms with Crippen LogP contribution in [0.15, 0.2) is 284 Å². The number of nitrogens with one attached hydrogen (secondary N) is 1. The molecule has 12 aromatic rings. The third-order valence-corrected chi connectivity index (χ3v) is 23.8. The molecular formula is C133H196N16. The minimum absolute atomic E-state index is 0.0707. The Morgan fingerprint density at radius 1 is 0.322 bits per heavy atom. The van der Waals surface area contributed by atoms with Gasteiger partial charge in [0, 0.05) is 156 Å². The number of para-hydroxylation sites is 1. The molecule has 16 nitrogen and oxygen atoms in total. The number of aryl methyl sites for hydroxylation is 3. The summed E-state index contributed by atoms with van der Waals surface area (Å²) >= 11 is 0. The maximum Gasteiger partial charge on any atom is 0.133 e. The normalized spacial score (nSPS) is 13.0. The summed E-state index contributed by atoms with van der Waals surface area (Å²) in [7, 11) is 0. The lowest BCUT2D eigenvalue weighted by Gasteiger charge is -2.21. The van der Waals surface area contributed by atoms with Gasteiger partial charge >= 0.3 is 0 Å². The molecule has 2 aliphatic carbocycles. The van der Waals surface area contributed by atoms with Crippen LogP contribution < -0.4 is 11.5 Å². The minimum Gasteiger partial charge on any atom is -0.398 e. The highest BCUT2D eigenvalue weighted by Crippen LogP contribution is 2.40. The van der Waals surface area contributed by atoms with Gasteiger partial charge < -0.3 is 11.5 Å². The first kappa shape index (κ1) is 131. The standard InChI is InChI=1S/2C12H15N.4C10H15N.C10H14.C9H14N2.C9H15N.2C9H13N.C8H12N2.C8H13N.C7H12N2/c1-12(2,3)10-6-7-11-9(10)5-4-8-13-11;1-12(2,3)10-7-8-13-11-6-4-5-9(10)11;1-8-7-9(5-6-11-8)10(2,3)4;2*1-8-5-6-9(7-11-8)10(2,3)4;1-10(2,3)8-6-4-5-7-9(8)11;1-10(2,3)9-7-5-4-6-8-9;1-9(2,3)7-4-5-11-8(10)6-7;1-9(2,3)6-8-4-5-10-7-8;1-9(2,3)8-5-4-6-10-7-8;1-9(2,3)8-6-4-5-7-10-8;1-8(2,3)7-9-5-4-6-10-7;1-8(2,3)7-5-4-6-9-7;1-7(2,3)6-4-8-9-5-6/h4-6,8H,7H2,1-3H3;4-5,7-8H,6H2,1-3H3;3*5-7H,1-4H3;4-7H,11H2,1-3H3;4-8H,1-3H3;4-6H,1-3H3,(H2,10,11);4,7H,5-6H2,1-3H3;2*4-7H,1-3H3;4-6H,1-3H3;5-6H,4H2,1-3H3;4-5H,1-3H3,(H,8,9). The molecule has 0 saturated carbocycles. The topological polar surface area (TPSA) is 234 Å². The Kier molecular flexibility index (Phi) is 51.2. The van der Waals surface area contributed by atoms with Crippen LogP contribution in [-0.2, 0) is 72.4 Å². The number of nitrogens with two attached hydrogens (primary N) is 2. The van der Waals surface area contributed by atoms with Crippen LogP contribution in [0, 0.1) is 37.0 Å². The fourth-order valence-corrected chi connectivity index (χ4v) is 14.5. The van der Waals surface area contributed by atoms with Gasteiger partial charge in [-0.2, -0.15) is 5.10 Å².